The molecule has 0 aliphatic carbocycles. The molecule has 2 aromatic rings. The molecule has 0 aromatic carbocycles. The second-order valence-corrected chi connectivity index (χ2v) is 3.80. The first-order valence-electron chi connectivity index (χ1n) is 5.55. The lowest BCUT2D eigenvalue weighted by Gasteiger charge is -2.06. The van der Waals surface area contributed by atoms with Crippen LogP contribution in [0.4, 0.5) is 10.5 Å². The Morgan fingerprint density at radius 3 is 3.17 bits per heavy atom. The molecule has 0 bridgehead atoms. The maximum Gasteiger partial charge on any atom is 0.319 e. The fourth-order valence-corrected chi connectivity index (χ4v) is 1.50. The number of urea groups is 1. The normalized spacial score (nSPS) is 10.6. The molecule has 0 fully saturated rings. The van der Waals surface area contributed by atoms with Crippen LogP contribution in [0.1, 0.15) is 5.69 Å². The van der Waals surface area contributed by atoms with E-state index in [0.717, 1.165) is 11.3 Å². The number of nitrogens with zero attached hydrogens (tertiary/aromatic N) is 3. The van der Waals surface area contributed by atoms with Crippen LogP contribution in [0.3, 0.4) is 0 Å². The van der Waals surface area contributed by atoms with Crippen LogP contribution >= 0.6 is 0 Å². The van der Waals surface area contributed by atoms with Gasteiger partial charge in [-0.2, -0.15) is 5.10 Å². The van der Waals surface area contributed by atoms with Crippen molar-refractivity contribution in [2.24, 2.45) is 0 Å². The number of aryl methyl sites for hydroxylation is 1. The average Bonchev–Trinajstić information content (AvgIpc) is 2.69. The van der Waals surface area contributed by atoms with Crippen LogP contribution in [0.15, 0.2) is 18.5 Å². The average molecular weight is 249 g/mol. The van der Waals surface area contributed by atoms with Gasteiger partial charge in [-0.25, -0.2) is 14.3 Å². The van der Waals surface area contributed by atoms with E-state index in [1.807, 2.05) is 13.0 Å². The number of ether oxygens (including phenoxy) is 1. The molecule has 0 aliphatic rings. The van der Waals surface area contributed by atoms with E-state index in [1.165, 1.54) is 0 Å². The molecule has 2 rings (SSSR count). The minimum absolute atomic E-state index is 0.294. The summed E-state index contributed by atoms with van der Waals surface area (Å²) in [6, 6.07) is 1.57. The quantitative estimate of drug-likeness (QED) is 0.786. The van der Waals surface area contributed by atoms with Gasteiger partial charge < -0.3 is 15.4 Å². The van der Waals surface area contributed by atoms with Crippen molar-refractivity contribution in [2.45, 2.75) is 6.92 Å². The van der Waals surface area contributed by atoms with E-state index >= 15 is 0 Å². The number of hydrogen-bond donors (Lipinski definition) is 2. The van der Waals surface area contributed by atoms with Crippen molar-refractivity contribution in [1.82, 2.24) is 19.9 Å². The largest absolute Gasteiger partial charge is 0.383 e. The maximum atomic E-state index is 11.5. The van der Waals surface area contributed by atoms with Gasteiger partial charge in [-0.05, 0) is 6.92 Å². The molecule has 2 amide bonds. The van der Waals surface area contributed by atoms with Gasteiger partial charge in [0, 0.05) is 19.7 Å². The van der Waals surface area contributed by atoms with E-state index in [1.54, 1.807) is 24.0 Å². The van der Waals surface area contributed by atoms with Gasteiger partial charge >= 0.3 is 6.03 Å². The minimum atomic E-state index is -0.294. The second-order valence-electron chi connectivity index (χ2n) is 3.80. The SMILES string of the molecule is COCCNC(=O)Nc1cnc2cc(C)nn2c1. The number of rotatable bonds is 4. The standard InChI is InChI=1S/C11H15N5O2/c1-8-5-10-13-6-9(7-16(10)15-8)14-11(17)12-3-4-18-2/h5-7H,3-4H2,1-2H3,(H2,12,14,17). The zero-order valence-corrected chi connectivity index (χ0v) is 10.3. The number of hydrogen-bond acceptors (Lipinski definition) is 4. The Morgan fingerprint density at radius 1 is 1.56 bits per heavy atom. The predicted octanol–water partition coefficient (Wildman–Crippen LogP) is 0.806. The molecular weight excluding hydrogens is 234 g/mol. The molecule has 0 saturated heterocycles. The summed E-state index contributed by atoms with van der Waals surface area (Å²) in [5.74, 6) is 0. The summed E-state index contributed by atoms with van der Waals surface area (Å²) < 4.78 is 6.46. The molecule has 0 unspecified atom stereocenters. The summed E-state index contributed by atoms with van der Waals surface area (Å²) in [6.07, 6.45) is 3.30. The number of carbonyl (C=O) groups is 1. The molecule has 2 heterocycles. The van der Waals surface area contributed by atoms with Crippen molar-refractivity contribution in [3.8, 4) is 0 Å². The lowest BCUT2D eigenvalue weighted by Crippen LogP contribution is -2.31. The third kappa shape index (κ3) is 2.95. The van der Waals surface area contributed by atoms with Crippen LogP contribution in [0.2, 0.25) is 0 Å². The Hall–Kier alpha value is -2.15. The molecule has 2 aromatic heterocycles. The Bertz CT molecular complexity index is 551. The number of fused-ring (bicyclic) bond motifs is 1. The molecule has 96 valence electrons. The summed E-state index contributed by atoms with van der Waals surface area (Å²) in [4.78, 5) is 15.7. The highest BCUT2D eigenvalue weighted by molar-refractivity contribution is 5.88. The predicted molar refractivity (Wildman–Crippen MR) is 66.6 cm³/mol. The first kappa shape index (κ1) is 12.3. The van der Waals surface area contributed by atoms with Crippen molar-refractivity contribution in [3.05, 3.63) is 24.2 Å². The summed E-state index contributed by atoms with van der Waals surface area (Å²) in [5.41, 5.74) is 2.21. The van der Waals surface area contributed by atoms with Gasteiger partial charge in [0.25, 0.3) is 0 Å². The fraction of sp³-hybridized carbons (Fsp3) is 0.364. The number of aromatic nitrogens is 3. The van der Waals surface area contributed by atoms with Crippen LogP contribution in [0.5, 0.6) is 0 Å². The van der Waals surface area contributed by atoms with Gasteiger partial charge in [0.05, 0.1) is 30.4 Å². The van der Waals surface area contributed by atoms with Gasteiger partial charge in [-0.1, -0.05) is 0 Å². The van der Waals surface area contributed by atoms with E-state index in [4.69, 9.17) is 4.74 Å². The smallest absolute Gasteiger partial charge is 0.319 e. The zero-order chi connectivity index (χ0) is 13.0. The number of methoxy groups -OCH3 is 1. The Labute approximate surface area is 104 Å². The lowest BCUT2D eigenvalue weighted by molar-refractivity contribution is 0.198. The summed E-state index contributed by atoms with van der Waals surface area (Å²) in [6.45, 7) is 2.82. The van der Waals surface area contributed by atoms with Gasteiger partial charge in [-0.3, -0.25) is 0 Å². The van der Waals surface area contributed by atoms with E-state index in [0.29, 0.717) is 18.8 Å². The zero-order valence-electron chi connectivity index (χ0n) is 10.3. The fourth-order valence-electron chi connectivity index (χ4n) is 1.50. The highest BCUT2D eigenvalue weighted by atomic mass is 16.5. The van der Waals surface area contributed by atoms with Gasteiger partial charge in [0.15, 0.2) is 5.65 Å². The second kappa shape index (κ2) is 5.46. The molecule has 0 aliphatic heterocycles. The molecule has 0 spiro atoms. The minimum Gasteiger partial charge on any atom is -0.383 e. The topological polar surface area (TPSA) is 80.5 Å². The molecule has 7 nitrogen and oxygen atoms in total. The molecule has 2 N–H and O–H groups in total. The third-order valence-electron chi connectivity index (χ3n) is 2.29. The summed E-state index contributed by atoms with van der Waals surface area (Å²) in [7, 11) is 1.58. The van der Waals surface area contributed by atoms with Crippen molar-refractivity contribution < 1.29 is 9.53 Å². The van der Waals surface area contributed by atoms with E-state index in [-0.39, 0.29) is 6.03 Å². The van der Waals surface area contributed by atoms with Crippen LogP contribution in [-0.4, -0.2) is 40.9 Å². The molecule has 7 heteroatoms. The van der Waals surface area contributed by atoms with Crippen LogP contribution in [0.25, 0.3) is 5.65 Å². The summed E-state index contributed by atoms with van der Waals surface area (Å²) in [5, 5.41) is 9.55. The highest BCUT2D eigenvalue weighted by Crippen LogP contribution is 2.08. The Morgan fingerprint density at radius 2 is 2.39 bits per heavy atom. The third-order valence-corrected chi connectivity index (χ3v) is 2.29. The first-order valence-corrected chi connectivity index (χ1v) is 5.55. The maximum absolute atomic E-state index is 11.5. The highest BCUT2D eigenvalue weighted by Gasteiger charge is 2.04. The van der Waals surface area contributed by atoms with Crippen LogP contribution < -0.4 is 10.6 Å². The van der Waals surface area contributed by atoms with E-state index < -0.39 is 0 Å². The molecule has 0 radical (unpaired) electrons. The van der Waals surface area contributed by atoms with Crippen molar-refractivity contribution >= 4 is 17.4 Å². The summed E-state index contributed by atoms with van der Waals surface area (Å²) >= 11 is 0. The number of nitrogens with one attached hydrogen (secondary N) is 2. The van der Waals surface area contributed by atoms with Crippen LogP contribution in [-0.2, 0) is 4.74 Å². The molecule has 0 atom stereocenters. The monoisotopic (exact) mass is 249 g/mol. The number of carbonyl (C=O) groups excluding carboxylic acids is 1. The molecular formula is C11H15N5O2. The number of anilines is 1. The lowest BCUT2D eigenvalue weighted by atomic mass is 10.5. The van der Waals surface area contributed by atoms with Crippen molar-refractivity contribution in [3.63, 3.8) is 0 Å². The van der Waals surface area contributed by atoms with Crippen LogP contribution in [0, 0.1) is 6.92 Å². The van der Waals surface area contributed by atoms with Gasteiger partial charge in [-0.15, -0.1) is 0 Å². The Balaban J connectivity index is 2.00. The number of amides is 2. The Kier molecular flexibility index (Phi) is 3.73. The van der Waals surface area contributed by atoms with E-state index in [2.05, 4.69) is 20.7 Å². The molecule has 0 saturated carbocycles. The van der Waals surface area contributed by atoms with E-state index in [9.17, 15) is 4.79 Å². The van der Waals surface area contributed by atoms with Crippen molar-refractivity contribution in [2.75, 3.05) is 25.6 Å². The van der Waals surface area contributed by atoms with Gasteiger partial charge in [0.1, 0.15) is 0 Å². The van der Waals surface area contributed by atoms with Gasteiger partial charge in [0.2, 0.25) is 0 Å². The molecule has 18 heavy (non-hydrogen) atoms. The van der Waals surface area contributed by atoms with Crippen molar-refractivity contribution in [1.29, 1.82) is 0 Å². The first-order chi connectivity index (χ1) is 8.69.